The summed E-state index contributed by atoms with van der Waals surface area (Å²) in [5.41, 5.74) is 1.88. The topological polar surface area (TPSA) is 63.5 Å². The molecule has 0 N–H and O–H groups in total. The van der Waals surface area contributed by atoms with Crippen LogP contribution in [0, 0.1) is 0 Å². The lowest BCUT2D eigenvalue weighted by Crippen LogP contribution is -2.28. The van der Waals surface area contributed by atoms with Gasteiger partial charge in [0.15, 0.2) is 5.17 Å². The van der Waals surface area contributed by atoms with Crippen LogP contribution >= 0.6 is 27.7 Å². The molecule has 1 saturated heterocycles. The molecular formula is C19H18BrN3O3S. The van der Waals surface area contributed by atoms with Gasteiger partial charge in [-0.15, -0.1) is 5.10 Å². The van der Waals surface area contributed by atoms with Crippen LogP contribution in [0.15, 0.2) is 57.1 Å². The van der Waals surface area contributed by atoms with Crippen LogP contribution < -0.4 is 9.47 Å². The molecule has 2 aromatic carbocycles. The Morgan fingerprint density at radius 1 is 1.19 bits per heavy atom. The van der Waals surface area contributed by atoms with E-state index in [9.17, 15) is 4.79 Å². The second kappa shape index (κ2) is 9.05. The molecule has 0 spiro atoms. The van der Waals surface area contributed by atoms with E-state index in [1.807, 2.05) is 42.5 Å². The molecule has 27 heavy (non-hydrogen) atoms. The molecule has 0 aliphatic carbocycles. The fourth-order valence-electron chi connectivity index (χ4n) is 2.45. The average molecular weight is 448 g/mol. The van der Waals surface area contributed by atoms with E-state index in [0.717, 1.165) is 27.1 Å². The van der Waals surface area contributed by atoms with Crippen LogP contribution in [0.1, 0.15) is 11.1 Å². The summed E-state index contributed by atoms with van der Waals surface area (Å²) in [6.45, 7) is 0.436. The highest BCUT2D eigenvalue weighted by atomic mass is 79.9. The number of thioether (sulfide) groups is 1. The standard InChI is InChI=1S/C19H18BrN3O3S/c1-25-15-6-3-13(4-7-15)10-21-22-19-23(18(24)12-27-19)11-14-5-8-17(26-2)16(20)9-14/h3-10H,11-12H2,1-2H3. The molecule has 0 saturated carbocycles. The zero-order valence-electron chi connectivity index (χ0n) is 14.9. The fourth-order valence-corrected chi connectivity index (χ4v) is 3.88. The number of amidine groups is 1. The smallest absolute Gasteiger partial charge is 0.239 e. The number of methoxy groups -OCH3 is 2. The molecule has 0 bridgehead atoms. The van der Waals surface area contributed by atoms with Crippen LogP contribution in [-0.2, 0) is 11.3 Å². The number of nitrogens with zero attached hydrogens (tertiary/aromatic N) is 3. The fraction of sp³-hybridized carbons (Fsp3) is 0.211. The van der Waals surface area contributed by atoms with E-state index in [1.54, 1.807) is 25.3 Å². The van der Waals surface area contributed by atoms with E-state index in [4.69, 9.17) is 9.47 Å². The highest BCUT2D eigenvalue weighted by Crippen LogP contribution is 2.28. The highest BCUT2D eigenvalue weighted by Gasteiger charge is 2.28. The molecule has 0 radical (unpaired) electrons. The number of rotatable bonds is 6. The van der Waals surface area contributed by atoms with Crippen molar-refractivity contribution in [3.05, 3.63) is 58.1 Å². The molecule has 8 heteroatoms. The van der Waals surface area contributed by atoms with E-state index in [2.05, 4.69) is 26.1 Å². The van der Waals surface area contributed by atoms with Crippen molar-refractivity contribution in [1.82, 2.24) is 4.90 Å². The third-order valence-electron chi connectivity index (χ3n) is 3.88. The summed E-state index contributed by atoms with van der Waals surface area (Å²) in [5, 5.41) is 8.95. The van der Waals surface area contributed by atoms with Gasteiger partial charge in [-0.05, 0) is 63.5 Å². The number of benzene rings is 2. The van der Waals surface area contributed by atoms with Crippen LogP contribution in [0.25, 0.3) is 0 Å². The molecule has 1 aliphatic heterocycles. The maximum absolute atomic E-state index is 12.2. The lowest BCUT2D eigenvalue weighted by molar-refractivity contribution is -0.124. The van der Waals surface area contributed by atoms with E-state index in [-0.39, 0.29) is 5.91 Å². The van der Waals surface area contributed by atoms with Gasteiger partial charge in [-0.1, -0.05) is 17.8 Å². The molecule has 1 aliphatic rings. The van der Waals surface area contributed by atoms with Gasteiger partial charge in [0.05, 0.1) is 37.2 Å². The van der Waals surface area contributed by atoms with Gasteiger partial charge >= 0.3 is 0 Å². The van der Waals surface area contributed by atoms with Gasteiger partial charge in [-0.25, -0.2) is 0 Å². The Balaban J connectivity index is 1.72. The van der Waals surface area contributed by atoms with Crippen LogP contribution in [0.2, 0.25) is 0 Å². The van der Waals surface area contributed by atoms with Gasteiger partial charge in [0.2, 0.25) is 5.91 Å². The van der Waals surface area contributed by atoms with Crippen molar-refractivity contribution >= 4 is 45.0 Å². The molecule has 1 heterocycles. The van der Waals surface area contributed by atoms with E-state index < -0.39 is 0 Å². The minimum atomic E-state index is 0.0188. The summed E-state index contributed by atoms with van der Waals surface area (Å²) in [4.78, 5) is 13.9. The number of hydrogen-bond donors (Lipinski definition) is 0. The van der Waals surface area contributed by atoms with Crippen molar-refractivity contribution in [2.24, 2.45) is 10.2 Å². The van der Waals surface area contributed by atoms with Gasteiger partial charge < -0.3 is 9.47 Å². The Labute approximate surface area is 170 Å². The molecule has 0 aromatic heterocycles. The largest absolute Gasteiger partial charge is 0.497 e. The molecule has 0 atom stereocenters. The van der Waals surface area contributed by atoms with Gasteiger partial charge in [0, 0.05) is 0 Å². The molecule has 140 valence electrons. The first-order valence-electron chi connectivity index (χ1n) is 8.11. The average Bonchev–Trinajstić information content (AvgIpc) is 3.02. The van der Waals surface area contributed by atoms with Crippen LogP contribution in [0.5, 0.6) is 11.5 Å². The van der Waals surface area contributed by atoms with E-state index in [0.29, 0.717) is 17.5 Å². The monoisotopic (exact) mass is 447 g/mol. The number of amides is 1. The Morgan fingerprint density at radius 2 is 1.96 bits per heavy atom. The number of hydrogen-bond acceptors (Lipinski definition) is 6. The Morgan fingerprint density at radius 3 is 2.63 bits per heavy atom. The summed E-state index contributed by atoms with van der Waals surface area (Å²) in [5.74, 6) is 1.92. The molecule has 1 amide bonds. The second-order valence-corrected chi connectivity index (χ2v) is 7.43. The van der Waals surface area contributed by atoms with E-state index >= 15 is 0 Å². The van der Waals surface area contributed by atoms with Crippen LogP contribution in [0.3, 0.4) is 0 Å². The predicted octanol–water partition coefficient (Wildman–Crippen LogP) is 3.93. The normalized spacial score (nSPS) is 15.7. The number of halogens is 1. The van der Waals surface area contributed by atoms with Gasteiger partial charge in [-0.3, -0.25) is 9.69 Å². The predicted molar refractivity (Wildman–Crippen MR) is 112 cm³/mol. The third kappa shape index (κ3) is 4.90. The minimum Gasteiger partial charge on any atom is -0.497 e. The number of ether oxygens (including phenoxy) is 2. The second-order valence-electron chi connectivity index (χ2n) is 5.64. The quantitative estimate of drug-likeness (QED) is 0.496. The van der Waals surface area contributed by atoms with Crippen molar-refractivity contribution in [3.8, 4) is 11.5 Å². The maximum atomic E-state index is 12.2. The highest BCUT2D eigenvalue weighted by molar-refractivity contribution is 9.10. The first kappa shape index (κ1) is 19.4. The summed E-state index contributed by atoms with van der Waals surface area (Å²) in [6, 6.07) is 13.2. The maximum Gasteiger partial charge on any atom is 0.239 e. The Bertz CT molecular complexity index is 884. The van der Waals surface area contributed by atoms with Crippen molar-refractivity contribution in [1.29, 1.82) is 0 Å². The Hall–Kier alpha value is -2.32. The van der Waals surface area contributed by atoms with Crippen LogP contribution in [-0.4, -0.2) is 42.2 Å². The summed E-state index contributed by atoms with van der Waals surface area (Å²) < 4.78 is 11.2. The molecule has 1 fully saturated rings. The summed E-state index contributed by atoms with van der Waals surface area (Å²) in [7, 11) is 3.24. The molecule has 6 nitrogen and oxygen atoms in total. The van der Waals surface area contributed by atoms with E-state index in [1.165, 1.54) is 11.8 Å². The first-order valence-corrected chi connectivity index (χ1v) is 9.89. The van der Waals surface area contributed by atoms with Gasteiger partial charge in [0.25, 0.3) is 0 Å². The van der Waals surface area contributed by atoms with Gasteiger partial charge in [0.1, 0.15) is 11.5 Å². The molecule has 0 unspecified atom stereocenters. The SMILES string of the molecule is COc1ccc(C=NN=C2SCC(=O)N2Cc2ccc(OC)c(Br)c2)cc1. The van der Waals surface area contributed by atoms with Gasteiger partial charge in [-0.2, -0.15) is 5.10 Å². The lowest BCUT2D eigenvalue weighted by Gasteiger charge is -2.16. The lowest BCUT2D eigenvalue weighted by atomic mass is 10.2. The van der Waals surface area contributed by atoms with Crippen molar-refractivity contribution < 1.29 is 14.3 Å². The summed E-state index contributed by atoms with van der Waals surface area (Å²) >= 11 is 4.86. The van der Waals surface area contributed by atoms with Crippen molar-refractivity contribution in [2.75, 3.05) is 20.0 Å². The minimum absolute atomic E-state index is 0.0188. The number of carbonyl (C=O) groups is 1. The summed E-state index contributed by atoms with van der Waals surface area (Å²) in [6.07, 6.45) is 1.65. The molecular weight excluding hydrogens is 430 g/mol. The number of carbonyl (C=O) groups excluding carboxylic acids is 1. The zero-order chi connectivity index (χ0) is 19.2. The third-order valence-corrected chi connectivity index (χ3v) is 5.45. The van der Waals surface area contributed by atoms with Crippen LogP contribution in [0.4, 0.5) is 0 Å². The first-order chi connectivity index (χ1) is 13.1. The molecule has 3 rings (SSSR count). The zero-order valence-corrected chi connectivity index (χ0v) is 17.3. The van der Waals surface area contributed by atoms with Crippen molar-refractivity contribution in [2.45, 2.75) is 6.54 Å². The van der Waals surface area contributed by atoms with Crippen molar-refractivity contribution in [3.63, 3.8) is 0 Å². The molecule has 2 aromatic rings. The Kier molecular flexibility index (Phi) is 6.52.